The number of ether oxygens (including phenoxy) is 1. The summed E-state index contributed by atoms with van der Waals surface area (Å²) in [6.45, 7) is 8.33. The van der Waals surface area contributed by atoms with Crippen molar-refractivity contribution in [3.63, 3.8) is 0 Å². The van der Waals surface area contributed by atoms with E-state index < -0.39 is 0 Å². The van der Waals surface area contributed by atoms with Gasteiger partial charge in [0.15, 0.2) is 0 Å². The van der Waals surface area contributed by atoms with Gasteiger partial charge in [-0.2, -0.15) is 5.26 Å². The van der Waals surface area contributed by atoms with Crippen LogP contribution < -0.4 is 10.5 Å². The lowest BCUT2D eigenvalue weighted by atomic mass is 9.78. The number of allylic oxidation sites excluding steroid dienone is 1. The highest BCUT2D eigenvalue weighted by molar-refractivity contribution is 5.56. The van der Waals surface area contributed by atoms with Crippen LogP contribution in [0.3, 0.4) is 0 Å². The van der Waals surface area contributed by atoms with E-state index in [1.165, 1.54) is 5.56 Å². The highest BCUT2D eigenvalue weighted by Crippen LogP contribution is 2.45. The Morgan fingerprint density at radius 3 is 2.48 bits per heavy atom. The molecule has 0 spiro atoms. The molecule has 1 aliphatic heterocycles. The van der Waals surface area contributed by atoms with E-state index in [9.17, 15) is 5.26 Å². The topological polar surface area (TPSA) is 87.7 Å². The third-order valence-corrected chi connectivity index (χ3v) is 4.10. The van der Waals surface area contributed by atoms with Crippen LogP contribution in [0.15, 0.2) is 35.7 Å². The summed E-state index contributed by atoms with van der Waals surface area (Å²) in [6.07, 6.45) is 0. The fourth-order valence-electron chi connectivity index (χ4n) is 2.91. The van der Waals surface area contributed by atoms with Crippen LogP contribution >= 0.6 is 0 Å². The molecule has 3 rings (SSSR count). The Kier molecular flexibility index (Phi) is 3.41. The first kappa shape index (κ1) is 15.2. The Bertz CT molecular complexity index is 816. The van der Waals surface area contributed by atoms with E-state index in [0.717, 1.165) is 16.8 Å². The molecule has 23 heavy (non-hydrogen) atoms. The van der Waals surface area contributed by atoms with Crippen molar-refractivity contribution in [1.82, 2.24) is 10.2 Å². The maximum atomic E-state index is 9.61. The van der Waals surface area contributed by atoms with Crippen molar-refractivity contribution in [2.45, 2.75) is 39.0 Å². The van der Waals surface area contributed by atoms with Gasteiger partial charge in [-0.25, -0.2) is 0 Å². The fraction of sp³-hybridized carbons (Fsp3) is 0.333. The van der Waals surface area contributed by atoms with Gasteiger partial charge in [-0.05, 0) is 12.5 Å². The van der Waals surface area contributed by atoms with Crippen molar-refractivity contribution >= 4 is 0 Å². The minimum atomic E-state index is -0.266. The van der Waals surface area contributed by atoms with Gasteiger partial charge in [0.2, 0.25) is 11.8 Å². The number of nitriles is 1. The van der Waals surface area contributed by atoms with Crippen LogP contribution in [0.1, 0.15) is 49.1 Å². The molecule has 118 valence electrons. The van der Waals surface area contributed by atoms with Crippen molar-refractivity contribution in [2.75, 3.05) is 0 Å². The van der Waals surface area contributed by atoms with E-state index in [-0.39, 0.29) is 17.2 Å². The number of aryl methyl sites for hydroxylation is 1. The summed E-state index contributed by atoms with van der Waals surface area (Å²) in [4.78, 5) is 0. The molecule has 1 aliphatic rings. The third-order valence-electron chi connectivity index (χ3n) is 4.10. The number of aromatic nitrogens is 2. The van der Waals surface area contributed by atoms with Crippen molar-refractivity contribution < 1.29 is 4.74 Å². The van der Waals surface area contributed by atoms with Gasteiger partial charge < -0.3 is 10.5 Å². The van der Waals surface area contributed by atoms with Crippen LogP contribution in [0.25, 0.3) is 0 Å². The molecular weight excluding hydrogens is 288 g/mol. The van der Waals surface area contributed by atoms with Crippen LogP contribution in [0, 0.1) is 18.3 Å². The molecule has 0 unspecified atom stereocenters. The number of benzene rings is 1. The van der Waals surface area contributed by atoms with E-state index in [1.807, 2.05) is 31.2 Å². The molecule has 0 aliphatic carbocycles. The van der Waals surface area contributed by atoms with Crippen LogP contribution in [-0.4, -0.2) is 10.2 Å². The average molecular weight is 308 g/mol. The molecule has 5 heteroatoms. The molecule has 0 saturated heterocycles. The molecule has 0 amide bonds. The highest BCUT2D eigenvalue weighted by Gasteiger charge is 2.37. The molecule has 5 nitrogen and oxygen atoms in total. The van der Waals surface area contributed by atoms with Gasteiger partial charge >= 0.3 is 0 Å². The van der Waals surface area contributed by atoms with Crippen molar-refractivity contribution in [3.05, 3.63) is 58.1 Å². The van der Waals surface area contributed by atoms with Crippen molar-refractivity contribution in [3.8, 4) is 11.9 Å². The monoisotopic (exact) mass is 308 g/mol. The van der Waals surface area contributed by atoms with Crippen LogP contribution in [0.4, 0.5) is 0 Å². The van der Waals surface area contributed by atoms with Crippen LogP contribution in [0.2, 0.25) is 0 Å². The standard InChI is InChI=1S/C18H20N4O/c1-10-5-7-11(8-6-10)13-12(9-19)16(20)23-17-14(13)15(21-22-17)18(2,3)4/h5-8,13H,20H2,1-4H3,(H,21,22)/t13-/m1/s1. The Hall–Kier alpha value is -2.74. The lowest BCUT2D eigenvalue weighted by Gasteiger charge is -2.27. The average Bonchev–Trinajstić information content (AvgIpc) is 2.90. The zero-order valence-electron chi connectivity index (χ0n) is 13.8. The first-order valence-electron chi connectivity index (χ1n) is 7.56. The summed E-state index contributed by atoms with van der Waals surface area (Å²) < 4.78 is 5.58. The molecule has 0 bridgehead atoms. The minimum Gasteiger partial charge on any atom is -0.420 e. The molecule has 2 heterocycles. The molecule has 3 N–H and O–H groups in total. The van der Waals surface area contributed by atoms with Gasteiger partial charge in [0.1, 0.15) is 11.6 Å². The second-order valence-corrected chi connectivity index (χ2v) is 6.90. The third kappa shape index (κ3) is 2.46. The van der Waals surface area contributed by atoms with E-state index >= 15 is 0 Å². The van der Waals surface area contributed by atoms with E-state index in [4.69, 9.17) is 10.5 Å². The molecule has 1 atom stereocenters. The summed E-state index contributed by atoms with van der Waals surface area (Å²) in [7, 11) is 0. The predicted octanol–water partition coefficient (Wildman–Crippen LogP) is 3.23. The number of fused-ring (bicyclic) bond motifs is 1. The largest absolute Gasteiger partial charge is 0.420 e. The van der Waals surface area contributed by atoms with E-state index in [2.05, 4.69) is 37.0 Å². The van der Waals surface area contributed by atoms with Crippen molar-refractivity contribution in [2.24, 2.45) is 5.73 Å². The zero-order valence-corrected chi connectivity index (χ0v) is 13.8. The maximum absolute atomic E-state index is 9.61. The summed E-state index contributed by atoms with van der Waals surface area (Å²) in [5, 5.41) is 16.9. The Morgan fingerprint density at radius 2 is 1.91 bits per heavy atom. The lowest BCUT2D eigenvalue weighted by Crippen LogP contribution is -2.23. The summed E-state index contributed by atoms with van der Waals surface area (Å²) >= 11 is 0. The highest BCUT2D eigenvalue weighted by atomic mass is 16.5. The number of nitrogens with two attached hydrogens (primary N) is 1. The number of rotatable bonds is 1. The lowest BCUT2D eigenvalue weighted by molar-refractivity contribution is 0.378. The van der Waals surface area contributed by atoms with E-state index in [0.29, 0.717) is 11.5 Å². The van der Waals surface area contributed by atoms with Gasteiger partial charge in [-0.15, -0.1) is 5.10 Å². The van der Waals surface area contributed by atoms with E-state index in [1.54, 1.807) is 0 Å². The van der Waals surface area contributed by atoms with Crippen molar-refractivity contribution in [1.29, 1.82) is 5.26 Å². The number of nitrogens with one attached hydrogen (secondary N) is 1. The van der Waals surface area contributed by atoms with Gasteiger partial charge in [0.05, 0.1) is 11.5 Å². The number of H-pyrrole nitrogens is 1. The first-order valence-corrected chi connectivity index (χ1v) is 7.56. The molecule has 0 fully saturated rings. The maximum Gasteiger partial charge on any atom is 0.244 e. The molecule has 0 radical (unpaired) electrons. The minimum absolute atomic E-state index is 0.123. The quantitative estimate of drug-likeness (QED) is 0.846. The Balaban J connectivity index is 2.26. The van der Waals surface area contributed by atoms with Gasteiger partial charge in [0, 0.05) is 11.1 Å². The van der Waals surface area contributed by atoms with Crippen LogP contribution in [0.5, 0.6) is 5.88 Å². The fourth-order valence-corrected chi connectivity index (χ4v) is 2.91. The smallest absolute Gasteiger partial charge is 0.244 e. The molecular formula is C18H20N4O. The Morgan fingerprint density at radius 1 is 1.26 bits per heavy atom. The number of aromatic amines is 1. The summed E-state index contributed by atoms with van der Waals surface area (Å²) in [5.41, 5.74) is 10.3. The predicted molar refractivity (Wildman–Crippen MR) is 87.8 cm³/mol. The Labute approximate surface area is 135 Å². The normalized spacial score (nSPS) is 17.4. The van der Waals surface area contributed by atoms with Gasteiger partial charge in [-0.1, -0.05) is 50.6 Å². The molecule has 1 aromatic heterocycles. The number of nitrogens with zero attached hydrogens (tertiary/aromatic N) is 2. The molecule has 2 aromatic rings. The number of hydrogen-bond acceptors (Lipinski definition) is 4. The van der Waals surface area contributed by atoms with Gasteiger partial charge in [-0.3, -0.25) is 5.10 Å². The summed E-state index contributed by atoms with van der Waals surface area (Å²) in [5.74, 6) is 0.312. The molecule has 1 aromatic carbocycles. The second kappa shape index (κ2) is 5.17. The summed E-state index contributed by atoms with van der Waals surface area (Å²) in [6, 6.07) is 10.3. The van der Waals surface area contributed by atoms with Crippen LogP contribution in [-0.2, 0) is 5.41 Å². The SMILES string of the molecule is Cc1ccc([C@@H]2C(C#N)=C(N)Oc3n[nH]c(C(C)(C)C)c32)cc1. The molecule has 0 saturated carbocycles. The number of hydrogen-bond donors (Lipinski definition) is 2. The van der Waals surface area contributed by atoms with Gasteiger partial charge in [0.25, 0.3) is 0 Å². The second-order valence-electron chi connectivity index (χ2n) is 6.90. The first-order chi connectivity index (χ1) is 10.8. The zero-order chi connectivity index (χ0) is 16.8.